The van der Waals surface area contributed by atoms with E-state index in [4.69, 9.17) is 54.0 Å². The zero-order chi connectivity index (χ0) is 40.1. The van der Waals surface area contributed by atoms with Crippen molar-refractivity contribution in [2.24, 2.45) is 0 Å². The van der Waals surface area contributed by atoms with Gasteiger partial charge in [0.25, 0.3) is 0 Å². The molecule has 0 unspecified atom stereocenters. The van der Waals surface area contributed by atoms with Gasteiger partial charge >= 0.3 is 6.09 Å². The molecular formula is C42H44Cl3N5O6. The molecule has 5 aromatic rings. The van der Waals surface area contributed by atoms with Crippen LogP contribution in [0.15, 0.2) is 66.9 Å². The van der Waals surface area contributed by atoms with Crippen LogP contribution in [0.25, 0.3) is 44.5 Å². The first-order valence-electron chi connectivity index (χ1n) is 18.2. The molecule has 1 fully saturated rings. The largest absolute Gasteiger partial charge is 0.496 e. The third-order valence-electron chi connectivity index (χ3n) is 9.32. The number of benzene rings is 3. The van der Waals surface area contributed by atoms with Gasteiger partial charge in [-0.05, 0) is 57.5 Å². The maximum Gasteiger partial charge on any atom is 0.410 e. The van der Waals surface area contributed by atoms with Crippen LogP contribution in [0, 0.1) is 0 Å². The highest BCUT2D eigenvalue weighted by atomic mass is 35.5. The molecule has 1 saturated heterocycles. The fourth-order valence-corrected chi connectivity index (χ4v) is 7.66. The number of aromatic nitrogens is 2. The standard InChI is InChI=1S/C42H44Cl3N5O6/c1-42(2,3)56-41(53)50(23-27-11-14-35(52)48-27)22-25-10-9-24(20-34(25)54-4)38-37(45)29(15-16-47-38)28-7-6-8-30(36(28)44)33-13-12-31-39(49-33)32(43)19-26(40(31)55-5)21-46-17-18-51/h6-10,12-13,15-16,19-20,27,46,51H,11,14,17-18,21-23H2,1-5H3,(H,48,52)/t27-/m0/s1. The SMILES string of the molecule is COc1cc(-c2nccc(-c3cccc(-c4ccc5c(OC)c(CNCCO)cc(Cl)c5n4)c3Cl)c2Cl)ccc1CN(C[C@@H]1CCC(=O)N1)C(=O)OC(C)(C)C. The zero-order valence-corrected chi connectivity index (χ0v) is 34.1. The van der Waals surface area contributed by atoms with Gasteiger partial charge in [-0.2, -0.15) is 0 Å². The van der Waals surface area contributed by atoms with Gasteiger partial charge < -0.3 is 34.9 Å². The molecule has 56 heavy (non-hydrogen) atoms. The van der Waals surface area contributed by atoms with E-state index < -0.39 is 11.7 Å². The number of carbonyl (C=O) groups excluding carboxylic acids is 2. The van der Waals surface area contributed by atoms with Crippen LogP contribution in [-0.4, -0.2) is 77.5 Å². The molecule has 3 heterocycles. The Morgan fingerprint density at radius 2 is 1.75 bits per heavy atom. The fraction of sp³-hybridized carbons (Fsp3) is 0.333. The van der Waals surface area contributed by atoms with E-state index in [0.29, 0.717) is 98.2 Å². The van der Waals surface area contributed by atoms with E-state index in [9.17, 15) is 14.7 Å². The molecule has 294 valence electrons. The Morgan fingerprint density at radius 1 is 0.982 bits per heavy atom. The number of ether oxygens (including phenoxy) is 3. The molecule has 2 amide bonds. The predicted molar refractivity (Wildman–Crippen MR) is 221 cm³/mol. The number of nitrogens with one attached hydrogen (secondary N) is 2. The van der Waals surface area contributed by atoms with E-state index >= 15 is 0 Å². The molecule has 1 aliphatic rings. The number of nitrogens with zero attached hydrogens (tertiary/aromatic N) is 3. The van der Waals surface area contributed by atoms with Crippen molar-refractivity contribution in [1.29, 1.82) is 0 Å². The van der Waals surface area contributed by atoms with Gasteiger partial charge in [-0.3, -0.25) is 9.78 Å². The highest BCUT2D eigenvalue weighted by molar-refractivity contribution is 6.39. The van der Waals surface area contributed by atoms with E-state index in [1.54, 1.807) is 25.3 Å². The van der Waals surface area contributed by atoms with Crippen LogP contribution in [0.3, 0.4) is 0 Å². The molecule has 0 bridgehead atoms. The van der Waals surface area contributed by atoms with E-state index in [1.807, 2.05) is 81.4 Å². The summed E-state index contributed by atoms with van der Waals surface area (Å²) < 4.78 is 17.3. The van der Waals surface area contributed by atoms with Gasteiger partial charge in [0.2, 0.25) is 5.91 Å². The smallest absolute Gasteiger partial charge is 0.410 e. The second-order valence-electron chi connectivity index (χ2n) is 14.4. The number of pyridine rings is 2. The van der Waals surface area contributed by atoms with Crippen molar-refractivity contribution in [3.05, 3.63) is 93.1 Å². The molecule has 0 saturated carbocycles. The molecule has 0 radical (unpaired) electrons. The van der Waals surface area contributed by atoms with Crippen molar-refractivity contribution in [2.75, 3.05) is 33.9 Å². The number of amides is 2. The average molecular weight is 821 g/mol. The minimum atomic E-state index is -0.699. The molecule has 1 atom stereocenters. The van der Waals surface area contributed by atoms with Crippen molar-refractivity contribution in [1.82, 2.24) is 25.5 Å². The van der Waals surface area contributed by atoms with Crippen molar-refractivity contribution in [2.45, 2.75) is 58.3 Å². The van der Waals surface area contributed by atoms with Crippen molar-refractivity contribution in [3.8, 4) is 45.1 Å². The third kappa shape index (κ3) is 9.14. The molecule has 6 rings (SSSR count). The molecule has 0 aliphatic carbocycles. The molecular weight excluding hydrogens is 777 g/mol. The third-order valence-corrected chi connectivity index (χ3v) is 10.4. The van der Waals surface area contributed by atoms with Crippen molar-refractivity contribution < 1.29 is 28.9 Å². The van der Waals surface area contributed by atoms with Gasteiger partial charge in [0, 0.05) is 77.1 Å². The molecule has 0 spiro atoms. The number of aliphatic hydroxyl groups is 1. The van der Waals surface area contributed by atoms with Gasteiger partial charge in [-0.1, -0.05) is 65.1 Å². The van der Waals surface area contributed by atoms with Crippen LogP contribution < -0.4 is 20.1 Å². The van der Waals surface area contributed by atoms with Gasteiger partial charge in [-0.15, -0.1) is 0 Å². The summed E-state index contributed by atoms with van der Waals surface area (Å²) in [5.74, 6) is 1.14. The number of hydrogen-bond acceptors (Lipinski definition) is 9. The second-order valence-corrected chi connectivity index (χ2v) is 15.6. The maximum atomic E-state index is 13.3. The normalized spacial score (nSPS) is 14.2. The van der Waals surface area contributed by atoms with E-state index in [1.165, 1.54) is 0 Å². The second kappa shape index (κ2) is 17.7. The predicted octanol–water partition coefficient (Wildman–Crippen LogP) is 8.71. The van der Waals surface area contributed by atoms with E-state index in [-0.39, 0.29) is 25.1 Å². The zero-order valence-electron chi connectivity index (χ0n) is 31.8. The first-order valence-corrected chi connectivity index (χ1v) is 19.3. The number of aliphatic hydroxyl groups excluding tert-OH is 1. The lowest BCUT2D eigenvalue weighted by Crippen LogP contribution is -2.43. The monoisotopic (exact) mass is 819 g/mol. The van der Waals surface area contributed by atoms with Crippen LogP contribution in [0.5, 0.6) is 11.5 Å². The Hall–Kier alpha value is -4.65. The average Bonchev–Trinajstić information content (AvgIpc) is 3.58. The van der Waals surface area contributed by atoms with Crippen LogP contribution in [0.4, 0.5) is 4.79 Å². The fourth-order valence-electron chi connectivity index (χ4n) is 6.74. The molecule has 2 aromatic heterocycles. The molecule has 3 N–H and O–H groups in total. The molecule has 11 nitrogen and oxygen atoms in total. The lowest BCUT2D eigenvalue weighted by molar-refractivity contribution is -0.119. The number of halogens is 3. The number of methoxy groups -OCH3 is 2. The minimum Gasteiger partial charge on any atom is -0.496 e. The lowest BCUT2D eigenvalue weighted by Gasteiger charge is -2.29. The van der Waals surface area contributed by atoms with Crippen LogP contribution >= 0.6 is 34.8 Å². The lowest BCUT2D eigenvalue weighted by atomic mass is 9.98. The molecule has 3 aromatic carbocycles. The van der Waals surface area contributed by atoms with Gasteiger partial charge in [-0.25, -0.2) is 9.78 Å². The summed E-state index contributed by atoms with van der Waals surface area (Å²) in [5.41, 5.74) is 5.31. The Balaban J connectivity index is 1.31. The first kappa shape index (κ1) is 41.0. The van der Waals surface area contributed by atoms with Crippen LogP contribution in [-0.2, 0) is 22.6 Å². The van der Waals surface area contributed by atoms with E-state index in [2.05, 4.69) is 15.6 Å². The summed E-state index contributed by atoms with van der Waals surface area (Å²) in [5, 5.41) is 17.3. The van der Waals surface area contributed by atoms with Gasteiger partial charge in [0.1, 0.15) is 17.1 Å². The van der Waals surface area contributed by atoms with Crippen LogP contribution in [0.1, 0.15) is 44.7 Å². The summed E-state index contributed by atoms with van der Waals surface area (Å²) >= 11 is 21.1. The summed E-state index contributed by atoms with van der Waals surface area (Å²) in [6, 6.07) is 18.5. The Kier molecular flexibility index (Phi) is 12.9. The molecule has 14 heteroatoms. The van der Waals surface area contributed by atoms with E-state index in [0.717, 1.165) is 16.5 Å². The number of hydrogen-bond donors (Lipinski definition) is 3. The maximum absolute atomic E-state index is 13.3. The summed E-state index contributed by atoms with van der Waals surface area (Å²) in [4.78, 5) is 36.4. The van der Waals surface area contributed by atoms with Gasteiger partial charge in [0.15, 0.2) is 0 Å². The number of rotatable bonds is 13. The van der Waals surface area contributed by atoms with Gasteiger partial charge in [0.05, 0.1) is 59.3 Å². The Morgan fingerprint density at radius 3 is 2.45 bits per heavy atom. The Bertz CT molecular complexity index is 2260. The number of carbonyl (C=O) groups is 2. The van der Waals surface area contributed by atoms with Crippen molar-refractivity contribution in [3.63, 3.8) is 0 Å². The van der Waals surface area contributed by atoms with Crippen molar-refractivity contribution >= 4 is 57.7 Å². The molecule has 1 aliphatic heterocycles. The summed E-state index contributed by atoms with van der Waals surface area (Å²) in [6.45, 7) is 6.85. The topological polar surface area (TPSA) is 135 Å². The van der Waals surface area contributed by atoms with Crippen LogP contribution in [0.2, 0.25) is 15.1 Å². The number of fused-ring (bicyclic) bond motifs is 1. The summed E-state index contributed by atoms with van der Waals surface area (Å²) in [6.07, 6.45) is 2.24. The quantitative estimate of drug-likeness (QED) is 0.0998. The first-order chi connectivity index (χ1) is 26.8. The highest BCUT2D eigenvalue weighted by Crippen LogP contribution is 2.43. The summed E-state index contributed by atoms with van der Waals surface area (Å²) in [7, 11) is 3.17. The minimum absolute atomic E-state index is 0.0186. The Labute approximate surface area is 341 Å². The highest BCUT2D eigenvalue weighted by Gasteiger charge is 2.29.